The Bertz CT molecular complexity index is 937. The Morgan fingerprint density at radius 1 is 1.04 bits per heavy atom. The molecule has 2 aromatic heterocycles. The molecule has 1 saturated heterocycles. The van der Waals surface area contributed by atoms with Gasteiger partial charge in [-0.25, -0.2) is 9.37 Å². The van der Waals surface area contributed by atoms with Crippen LogP contribution in [0.3, 0.4) is 0 Å². The van der Waals surface area contributed by atoms with Gasteiger partial charge >= 0.3 is 0 Å². The molecule has 1 aliphatic heterocycles. The lowest BCUT2D eigenvalue weighted by Gasteiger charge is -2.32. The minimum absolute atomic E-state index is 0.327. The highest BCUT2D eigenvalue weighted by Gasteiger charge is 2.15. The Hall–Kier alpha value is -2.76. The van der Waals surface area contributed by atoms with E-state index in [1.165, 1.54) is 30.8 Å². The van der Waals surface area contributed by atoms with Crippen LogP contribution in [0.4, 0.5) is 21.6 Å². The minimum atomic E-state index is -0.327. The zero-order valence-corrected chi connectivity index (χ0v) is 15.1. The van der Waals surface area contributed by atoms with Crippen LogP contribution in [-0.2, 0) is 0 Å². The monoisotopic (exact) mass is 351 g/mol. The van der Waals surface area contributed by atoms with Crippen LogP contribution in [0.5, 0.6) is 0 Å². The van der Waals surface area contributed by atoms with Crippen LogP contribution in [-0.4, -0.2) is 22.5 Å². The van der Waals surface area contributed by atoms with E-state index < -0.39 is 0 Å². The van der Waals surface area contributed by atoms with Gasteiger partial charge in [0.15, 0.2) is 5.82 Å². The summed E-state index contributed by atoms with van der Waals surface area (Å²) in [5, 5.41) is 8.61. The summed E-state index contributed by atoms with van der Waals surface area (Å²) in [5.74, 6) is 1.04. The van der Waals surface area contributed by atoms with Gasteiger partial charge in [0.05, 0.1) is 11.4 Å². The molecule has 0 radical (unpaired) electrons. The third-order valence-electron chi connectivity index (χ3n) is 4.98. The Balaban J connectivity index is 1.54. The molecule has 0 saturated carbocycles. The summed E-state index contributed by atoms with van der Waals surface area (Å²) in [4.78, 5) is 6.80. The van der Waals surface area contributed by atoms with Gasteiger partial charge in [-0.05, 0) is 62.1 Å². The highest BCUT2D eigenvalue weighted by molar-refractivity contribution is 5.54. The van der Waals surface area contributed by atoms with Crippen LogP contribution in [0.25, 0.3) is 5.65 Å². The smallest absolute Gasteiger partial charge is 0.182 e. The van der Waals surface area contributed by atoms with Gasteiger partial charge in [-0.3, -0.25) is 4.40 Å². The summed E-state index contributed by atoms with van der Waals surface area (Å²) in [6.45, 7) is 6.37. The number of halogens is 1. The number of fused-ring (bicyclic) bond motifs is 1. The predicted octanol–water partition coefficient (Wildman–Crippen LogP) is 5.43. The SMILES string of the molecule is Cc1nc2ccc(F)cn2c1N=Nc1ccc(N2CCC(C)CC2)cc1. The zero-order chi connectivity index (χ0) is 18.1. The molecule has 5 nitrogen and oxygen atoms in total. The Morgan fingerprint density at radius 2 is 1.77 bits per heavy atom. The van der Waals surface area contributed by atoms with E-state index in [9.17, 15) is 4.39 Å². The summed E-state index contributed by atoms with van der Waals surface area (Å²) in [6.07, 6.45) is 3.86. The summed E-state index contributed by atoms with van der Waals surface area (Å²) in [5.41, 5.74) is 3.37. The van der Waals surface area contributed by atoms with Crippen molar-refractivity contribution in [3.05, 3.63) is 54.1 Å². The van der Waals surface area contributed by atoms with E-state index in [0.717, 1.165) is 30.4 Å². The molecule has 0 aliphatic carbocycles. The van der Waals surface area contributed by atoms with E-state index in [4.69, 9.17) is 0 Å². The quantitative estimate of drug-likeness (QED) is 0.590. The zero-order valence-electron chi connectivity index (χ0n) is 15.1. The van der Waals surface area contributed by atoms with Crippen molar-refractivity contribution < 1.29 is 4.39 Å². The van der Waals surface area contributed by atoms with E-state index in [1.54, 1.807) is 10.5 Å². The van der Waals surface area contributed by atoms with E-state index >= 15 is 0 Å². The molecule has 0 atom stereocenters. The first kappa shape index (κ1) is 16.7. The second-order valence-electron chi connectivity index (χ2n) is 6.98. The third kappa shape index (κ3) is 3.31. The number of piperidine rings is 1. The topological polar surface area (TPSA) is 45.3 Å². The first-order chi connectivity index (χ1) is 12.6. The Labute approximate surface area is 152 Å². The highest BCUT2D eigenvalue weighted by Crippen LogP contribution is 2.27. The molecular weight excluding hydrogens is 329 g/mol. The summed E-state index contributed by atoms with van der Waals surface area (Å²) < 4.78 is 15.1. The molecule has 0 unspecified atom stereocenters. The van der Waals surface area contributed by atoms with Crippen LogP contribution in [0.15, 0.2) is 52.8 Å². The molecule has 0 N–H and O–H groups in total. The molecule has 134 valence electrons. The van der Waals surface area contributed by atoms with Gasteiger partial charge in [-0.15, -0.1) is 10.2 Å². The number of nitrogens with zero attached hydrogens (tertiary/aromatic N) is 5. The first-order valence-electron chi connectivity index (χ1n) is 9.01. The second-order valence-corrected chi connectivity index (χ2v) is 6.98. The molecule has 3 aromatic rings. The molecule has 1 aliphatic rings. The molecule has 26 heavy (non-hydrogen) atoms. The van der Waals surface area contributed by atoms with Gasteiger partial charge in [0.2, 0.25) is 0 Å². The van der Waals surface area contributed by atoms with Crippen LogP contribution < -0.4 is 4.90 Å². The fourth-order valence-electron chi connectivity index (χ4n) is 3.35. The third-order valence-corrected chi connectivity index (χ3v) is 4.98. The molecule has 1 fully saturated rings. The maximum Gasteiger partial charge on any atom is 0.182 e. The Kier molecular flexibility index (Phi) is 4.41. The number of pyridine rings is 1. The number of hydrogen-bond acceptors (Lipinski definition) is 4. The predicted molar refractivity (Wildman–Crippen MR) is 101 cm³/mol. The number of benzene rings is 1. The fraction of sp³-hybridized carbons (Fsp3) is 0.350. The number of azo groups is 1. The highest BCUT2D eigenvalue weighted by atomic mass is 19.1. The van der Waals surface area contributed by atoms with E-state index in [-0.39, 0.29) is 5.82 Å². The van der Waals surface area contributed by atoms with Crippen LogP contribution >= 0.6 is 0 Å². The number of imidazole rings is 1. The molecule has 0 spiro atoms. The first-order valence-corrected chi connectivity index (χ1v) is 9.01. The number of aryl methyl sites for hydroxylation is 1. The van der Waals surface area contributed by atoms with Gasteiger partial charge < -0.3 is 4.90 Å². The summed E-state index contributed by atoms with van der Waals surface area (Å²) in [6, 6.07) is 11.1. The Morgan fingerprint density at radius 3 is 2.50 bits per heavy atom. The lowest BCUT2D eigenvalue weighted by molar-refractivity contribution is 0.438. The van der Waals surface area contributed by atoms with Crippen LogP contribution in [0, 0.1) is 18.7 Å². The van der Waals surface area contributed by atoms with E-state index in [2.05, 4.69) is 39.2 Å². The van der Waals surface area contributed by atoms with Crippen molar-refractivity contribution in [1.82, 2.24) is 9.38 Å². The van der Waals surface area contributed by atoms with E-state index in [1.807, 2.05) is 19.1 Å². The largest absolute Gasteiger partial charge is 0.372 e. The number of aromatic nitrogens is 2. The van der Waals surface area contributed by atoms with Crippen molar-refractivity contribution in [2.75, 3.05) is 18.0 Å². The lowest BCUT2D eigenvalue weighted by Crippen LogP contribution is -2.32. The molecule has 4 rings (SSSR count). The van der Waals surface area contributed by atoms with Gasteiger partial charge in [0.25, 0.3) is 0 Å². The standard InChI is InChI=1S/C20H22FN5/c1-14-9-11-25(12-10-14)18-6-4-17(5-7-18)23-24-20-15(2)22-19-8-3-16(21)13-26(19)20/h3-8,13-14H,9-12H2,1-2H3. The maximum absolute atomic E-state index is 13.5. The molecule has 3 heterocycles. The number of hydrogen-bond donors (Lipinski definition) is 0. The summed E-state index contributed by atoms with van der Waals surface area (Å²) >= 11 is 0. The number of anilines is 1. The van der Waals surface area contributed by atoms with Gasteiger partial charge in [0, 0.05) is 25.0 Å². The van der Waals surface area contributed by atoms with Gasteiger partial charge in [0.1, 0.15) is 11.5 Å². The van der Waals surface area contributed by atoms with Crippen molar-refractivity contribution in [1.29, 1.82) is 0 Å². The minimum Gasteiger partial charge on any atom is -0.372 e. The van der Waals surface area contributed by atoms with Crippen molar-refractivity contribution in [2.45, 2.75) is 26.7 Å². The maximum atomic E-state index is 13.5. The lowest BCUT2D eigenvalue weighted by atomic mass is 9.99. The van der Waals surface area contributed by atoms with Crippen molar-refractivity contribution in [3.63, 3.8) is 0 Å². The average Bonchev–Trinajstić information content (AvgIpc) is 2.96. The number of rotatable bonds is 3. The molecule has 1 aromatic carbocycles. The second kappa shape index (κ2) is 6.86. The molecule has 6 heteroatoms. The van der Waals surface area contributed by atoms with Gasteiger partial charge in [-0.2, -0.15) is 0 Å². The molecular formula is C20H22FN5. The van der Waals surface area contributed by atoms with Gasteiger partial charge in [-0.1, -0.05) is 6.92 Å². The van der Waals surface area contributed by atoms with E-state index in [0.29, 0.717) is 11.5 Å². The van der Waals surface area contributed by atoms with Crippen molar-refractivity contribution in [2.24, 2.45) is 16.1 Å². The van der Waals surface area contributed by atoms with Crippen LogP contribution in [0.2, 0.25) is 0 Å². The average molecular weight is 351 g/mol. The molecule has 0 bridgehead atoms. The van der Waals surface area contributed by atoms with Crippen molar-refractivity contribution >= 4 is 22.8 Å². The fourth-order valence-corrected chi connectivity index (χ4v) is 3.35. The normalized spacial score (nSPS) is 16.0. The van der Waals surface area contributed by atoms with Crippen molar-refractivity contribution in [3.8, 4) is 0 Å². The van der Waals surface area contributed by atoms with Crippen LogP contribution in [0.1, 0.15) is 25.5 Å². The summed E-state index contributed by atoms with van der Waals surface area (Å²) in [7, 11) is 0. The molecule has 0 amide bonds.